The number of halogens is 3. The van der Waals surface area contributed by atoms with Crippen LogP contribution in [0, 0.1) is 10.9 Å². The van der Waals surface area contributed by atoms with Crippen LogP contribution >= 0.6 is 22.9 Å². The van der Waals surface area contributed by atoms with Gasteiger partial charge in [-0.1, -0.05) is 22.9 Å². The molecule has 1 aromatic carbocycles. The molecule has 0 spiro atoms. The number of rotatable bonds is 12. The lowest BCUT2D eigenvalue weighted by atomic mass is 10.2. The highest BCUT2D eigenvalue weighted by atomic mass is 35.5. The standard InChI is InChI=1S/C16H22ClF2N5O3S2/c17-11-5-14(29(26,27)24-16-23-8-15(19)28-16)12(18)6-13(11)22-4-2-1-3-21-10(7-20)9-25/h5-6,8,10,21-22,25H,1-4,7,9,20H2,(H,23,24). The number of nitrogens with zero attached hydrogens (tertiary/aromatic N) is 1. The predicted molar refractivity (Wildman–Crippen MR) is 110 cm³/mol. The lowest BCUT2D eigenvalue weighted by Gasteiger charge is -2.14. The fraction of sp³-hybridized carbons (Fsp3) is 0.438. The molecule has 0 saturated carbocycles. The quantitative estimate of drug-likeness (QED) is 0.300. The molecule has 0 bridgehead atoms. The molecule has 0 amide bonds. The van der Waals surface area contributed by atoms with Gasteiger partial charge in [-0.3, -0.25) is 4.72 Å². The number of aliphatic hydroxyl groups excluding tert-OH is 1. The van der Waals surface area contributed by atoms with E-state index in [0.717, 1.165) is 31.2 Å². The van der Waals surface area contributed by atoms with Crippen molar-refractivity contribution in [1.82, 2.24) is 10.3 Å². The van der Waals surface area contributed by atoms with Crippen molar-refractivity contribution in [2.45, 2.75) is 23.8 Å². The van der Waals surface area contributed by atoms with Crippen molar-refractivity contribution in [3.05, 3.63) is 34.3 Å². The van der Waals surface area contributed by atoms with Gasteiger partial charge in [0, 0.05) is 19.1 Å². The fourth-order valence-corrected chi connectivity index (χ4v) is 4.51. The van der Waals surface area contributed by atoms with E-state index in [1.807, 2.05) is 4.72 Å². The largest absolute Gasteiger partial charge is 0.395 e. The van der Waals surface area contributed by atoms with E-state index in [4.69, 9.17) is 22.4 Å². The molecular weight excluding hydrogens is 448 g/mol. The highest BCUT2D eigenvalue weighted by Crippen LogP contribution is 2.29. The van der Waals surface area contributed by atoms with Crippen molar-refractivity contribution >= 4 is 43.8 Å². The Bertz CT molecular complexity index is 910. The zero-order chi connectivity index (χ0) is 21.4. The van der Waals surface area contributed by atoms with Gasteiger partial charge in [0.25, 0.3) is 10.0 Å². The highest BCUT2D eigenvalue weighted by molar-refractivity contribution is 7.93. The van der Waals surface area contributed by atoms with Crippen molar-refractivity contribution in [1.29, 1.82) is 0 Å². The number of hydrogen-bond donors (Lipinski definition) is 5. The van der Waals surface area contributed by atoms with E-state index in [1.165, 1.54) is 0 Å². The second-order valence-electron chi connectivity index (χ2n) is 6.04. The number of nitrogens with one attached hydrogen (secondary N) is 3. The number of sulfonamides is 1. The van der Waals surface area contributed by atoms with Gasteiger partial charge in [0.05, 0.1) is 23.5 Å². The second-order valence-corrected chi connectivity index (χ2v) is 9.08. The molecule has 0 aliphatic rings. The zero-order valence-electron chi connectivity index (χ0n) is 15.3. The molecule has 1 unspecified atom stereocenters. The molecule has 8 nitrogen and oxygen atoms in total. The molecular formula is C16H22ClF2N5O3S2. The fourth-order valence-electron chi connectivity index (χ4n) is 2.34. The van der Waals surface area contributed by atoms with Crippen molar-refractivity contribution in [2.24, 2.45) is 5.73 Å². The first kappa shape index (κ1) is 23.7. The van der Waals surface area contributed by atoms with Crippen LogP contribution in [0.25, 0.3) is 0 Å². The number of thiazole rings is 1. The summed E-state index contributed by atoms with van der Waals surface area (Å²) in [6.07, 6.45) is 2.36. The average molecular weight is 470 g/mol. The first-order valence-corrected chi connectivity index (χ1v) is 11.4. The third-order valence-electron chi connectivity index (χ3n) is 3.87. The van der Waals surface area contributed by atoms with E-state index in [9.17, 15) is 17.2 Å². The molecule has 162 valence electrons. The van der Waals surface area contributed by atoms with E-state index in [0.29, 0.717) is 31.0 Å². The number of aliphatic hydroxyl groups is 1. The summed E-state index contributed by atoms with van der Waals surface area (Å²) in [4.78, 5) is 2.88. The van der Waals surface area contributed by atoms with Crippen LogP contribution in [-0.4, -0.2) is 50.8 Å². The third kappa shape index (κ3) is 7.01. The molecule has 0 aliphatic carbocycles. The lowest BCUT2D eigenvalue weighted by Crippen LogP contribution is -2.39. The van der Waals surface area contributed by atoms with Crippen LogP contribution in [0.15, 0.2) is 23.2 Å². The van der Waals surface area contributed by atoms with Crippen LogP contribution in [0.3, 0.4) is 0 Å². The van der Waals surface area contributed by atoms with Crippen molar-refractivity contribution in [2.75, 3.05) is 36.3 Å². The molecule has 1 aromatic heterocycles. The van der Waals surface area contributed by atoms with Crippen molar-refractivity contribution < 1.29 is 22.3 Å². The normalized spacial score (nSPS) is 12.7. The summed E-state index contributed by atoms with van der Waals surface area (Å²) in [7, 11) is -4.31. The number of benzene rings is 1. The van der Waals surface area contributed by atoms with Gasteiger partial charge < -0.3 is 21.5 Å². The minimum Gasteiger partial charge on any atom is -0.395 e. The predicted octanol–water partition coefficient (Wildman–Crippen LogP) is 1.98. The maximum absolute atomic E-state index is 14.4. The molecule has 0 radical (unpaired) electrons. The number of hydrogen-bond acceptors (Lipinski definition) is 8. The average Bonchev–Trinajstić information content (AvgIpc) is 3.07. The van der Waals surface area contributed by atoms with Gasteiger partial charge in [-0.15, -0.1) is 0 Å². The Morgan fingerprint density at radius 2 is 2.00 bits per heavy atom. The molecule has 0 saturated heterocycles. The molecule has 1 heterocycles. The zero-order valence-corrected chi connectivity index (χ0v) is 17.7. The Morgan fingerprint density at radius 3 is 2.62 bits per heavy atom. The SMILES string of the molecule is NCC(CO)NCCCCNc1cc(F)c(S(=O)(=O)Nc2ncc(F)s2)cc1Cl. The van der Waals surface area contributed by atoms with E-state index < -0.39 is 25.9 Å². The lowest BCUT2D eigenvalue weighted by molar-refractivity contribution is 0.245. The van der Waals surface area contributed by atoms with E-state index in [-0.39, 0.29) is 28.5 Å². The molecule has 6 N–H and O–H groups in total. The van der Waals surface area contributed by atoms with Crippen LogP contribution < -0.4 is 21.1 Å². The van der Waals surface area contributed by atoms with Crippen LogP contribution in [0.5, 0.6) is 0 Å². The first-order valence-electron chi connectivity index (χ1n) is 8.68. The number of aromatic nitrogens is 1. The van der Waals surface area contributed by atoms with Crippen LogP contribution in [0.2, 0.25) is 5.02 Å². The summed E-state index contributed by atoms with van der Waals surface area (Å²) in [5.74, 6) is -1.00. The number of nitrogens with two attached hydrogens (primary N) is 1. The van der Waals surface area contributed by atoms with Gasteiger partial charge in [-0.2, -0.15) is 4.39 Å². The summed E-state index contributed by atoms with van der Waals surface area (Å²) in [5.41, 5.74) is 5.72. The molecule has 13 heteroatoms. The van der Waals surface area contributed by atoms with Gasteiger partial charge in [0.2, 0.25) is 0 Å². The Balaban J connectivity index is 1.93. The Labute approximate surface area is 176 Å². The van der Waals surface area contributed by atoms with Crippen molar-refractivity contribution in [3.8, 4) is 0 Å². The Morgan fingerprint density at radius 1 is 1.28 bits per heavy atom. The third-order valence-corrected chi connectivity index (χ3v) is 6.36. The van der Waals surface area contributed by atoms with Crippen LogP contribution in [0.4, 0.5) is 19.6 Å². The molecule has 2 rings (SSSR count). The molecule has 29 heavy (non-hydrogen) atoms. The van der Waals surface area contributed by atoms with Gasteiger partial charge in [0.15, 0.2) is 10.3 Å². The highest BCUT2D eigenvalue weighted by Gasteiger charge is 2.23. The Kier molecular flexibility index (Phi) is 8.99. The van der Waals surface area contributed by atoms with Gasteiger partial charge >= 0.3 is 0 Å². The molecule has 1 atom stereocenters. The van der Waals surface area contributed by atoms with E-state index in [2.05, 4.69) is 15.6 Å². The van der Waals surface area contributed by atoms with Crippen molar-refractivity contribution in [3.63, 3.8) is 0 Å². The summed E-state index contributed by atoms with van der Waals surface area (Å²) in [6, 6.07) is 1.84. The van der Waals surface area contributed by atoms with Gasteiger partial charge in [0.1, 0.15) is 10.7 Å². The van der Waals surface area contributed by atoms with Crippen LogP contribution in [0.1, 0.15) is 12.8 Å². The minimum atomic E-state index is -4.31. The maximum Gasteiger partial charge on any atom is 0.266 e. The van der Waals surface area contributed by atoms with Gasteiger partial charge in [-0.05, 0) is 31.5 Å². The summed E-state index contributed by atoms with van der Waals surface area (Å²) in [6.45, 7) is 1.44. The topological polar surface area (TPSA) is 129 Å². The minimum absolute atomic E-state index is 0.0266. The molecule has 2 aromatic rings. The summed E-state index contributed by atoms with van der Waals surface area (Å²) >= 11 is 6.57. The first-order chi connectivity index (χ1) is 13.8. The second kappa shape index (κ2) is 11.0. The smallest absolute Gasteiger partial charge is 0.266 e. The summed E-state index contributed by atoms with van der Waals surface area (Å²) < 4.78 is 54.0. The monoisotopic (exact) mass is 469 g/mol. The summed E-state index contributed by atoms with van der Waals surface area (Å²) in [5, 5.41) is 14.2. The molecule has 0 aliphatic heterocycles. The van der Waals surface area contributed by atoms with E-state index in [1.54, 1.807) is 0 Å². The molecule has 0 fully saturated rings. The Hall–Kier alpha value is -1.57. The number of unbranched alkanes of at least 4 members (excludes halogenated alkanes) is 1. The maximum atomic E-state index is 14.4. The number of anilines is 2. The van der Waals surface area contributed by atoms with E-state index >= 15 is 0 Å². The van der Waals surface area contributed by atoms with Gasteiger partial charge in [-0.25, -0.2) is 17.8 Å². The van der Waals surface area contributed by atoms with Crippen LogP contribution in [-0.2, 0) is 10.0 Å².